The zero-order valence-electron chi connectivity index (χ0n) is 17.5. The van der Waals surface area contributed by atoms with Gasteiger partial charge in [-0.05, 0) is 33.3 Å². The van der Waals surface area contributed by atoms with E-state index in [4.69, 9.17) is 4.74 Å². The lowest BCUT2D eigenvalue weighted by molar-refractivity contribution is -0.141. The highest BCUT2D eigenvalue weighted by Crippen LogP contribution is 2.26. The minimum atomic E-state index is -0.526. The van der Waals surface area contributed by atoms with Crippen molar-refractivity contribution < 1.29 is 19.1 Å². The van der Waals surface area contributed by atoms with Gasteiger partial charge < -0.3 is 4.74 Å². The zero-order chi connectivity index (χ0) is 22.1. The SMILES string of the molecule is Cc1csc(-n2c(C)cc(C(=O)COC(=O)Cc3csc(N4CCCC4=O)n3)c2C)n1. The van der Waals surface area contributed by atoms with E-state index in [1.807, 2.05) is 30.7 Å². The van der Waals surface area contributed by atoms with Crippen molar-refractivity contribution in [3.8, 4) is 5.13 Å². The zero-order valence-corrected chi connectivity index (χ0v) is 19.1. The first-order valence-electron chi connectivity index (χ1n) is 9.88. The third-order valence-corrected chi connectivity index (χ3v) is 6.92. The van der Waals surface area contributed by atoms with Crippen LogP contribution in [0.1, 0.15) is 46.0 Å². The molecule has 1 fully saturated rings. The quantitative estimate of drug-likeness (QED) is 0.398. The molecule has 0 aromatic carbocycles. The number of aromatic nitrogens is 3. The molecular formula is C21H22N4O4S2. The number of ether oxygens (including phenoxy) is 1. The van der Waals surface area contributed by atoms with Crippen molar-refractivity contribution in [1.29, 1.82) is 0 Å². The smallest absolute Gasteiger partial charge is 0.312 e. The molecular weight excluding hydrogens is 436 g/mol. The maximum absolute atomic E-state index is 12.7. The Bertz CT molecular complexity index is 1160. The van der Waals surface area contributed by atoms with Crippen molar-refractivity contribution in [2.24, 2.45) is 0 Å². The number of Topliss-reactive ketones (excluding diaryl/α,β-unsaturated/α-hetero) is 1. The van der Waals surface area contributed by atoms with Crippen molar-refractivity contribution in [1.82, 2.24) is 14.5 Å². The van der Waals surface area contributed by atoms with Gasteiger partial charge in [0.2, 0.25) is 11.7 Å². The van der Waals surface area contributed by atoms with Crippen LogP contribution in [0, 0.1) is 20.8 Å². The highest BCUT2D eigenvalue weighted by atomic mass is 32.1. The lowest BCUT2D eigenvalue weighted by atomic mass is 10.1. The fourth-order valence-electron chi connectivity index (χ4n) is 3.56. The van der Waals surface area contributed by atoms with Gasteiger partial charge in [-0.1, -0.05) is 0 Å². The first kappa shape index (κ1) is 21.4. The largest absolute Gasteiger partial charge is 0.457 e. The van der Waals surface area contributed by atoms with Crippen molar-refractivity contribution >= 4 is 45.5 Å². The predicted octanol–water partition coefficient (Wildman–Crippen LogP) is 3.41. The van der Waals surface area contributed by atoms with E-state index in [1.165, 1.54) is 22.7 Å². The number of aryl methyl sites for hydroxylation is 2. The minimum absolute atomic E-state index is 0.0385. The van der Waals surface area contributed by atoms with Gasteiger partial charge in [-0.2, -0.15) is 0 Å². The van der Waals surface area contributed by atoms with Gasteiger partial charge in [-0.25, -0.2) is 9.97 Å². The Hall–Kier alpha value is -2.85. The highest BCUT2D eigenvalue weighted by molar-refractivity contribution is 7.14. The first-order chi connectivity index (χ1) is 14.8. The number of carbonyl (C=O) groups is 3. The number of hydrogen-bond donors (Lipinski definition) is 0. The molecule has 1 saturated heterocycles. The van der Waals surface area contributed by atoms with Gasteiger partial charge in [0.15, 0.2) is 16.9 Å². The molecule has 1 amide bonds. The molecule has 8 nitrogen and oxygen atoms in total. The van der Waals surface area contributed by atoms with Gasteiger partial charge in [-0.15, -0.1) is 22.7 Å². The number of ketones is 1. The Labute approximate surface area is 187 Å². The Kier molecular flexibility index (Phi) is 6.01. The Balaban J connectivity index is 1.36. The summed E-state index contributed by atoms with van der Waals surface area (Å²) >= 11 is 2.84. The van der Waals surface area contributed by atoms with E-state index >= 15 is 0 Å². The molecule has 3 aromatic rings. The normalized spacial score (nSPS) is 13.8. The van der Waals surface area contributed by atoms with Crippen LogP contribution in [0.4, 0.5) is 5.13 Å². The fourth-order valence-corrected chi connectivity index (χ4v) is 5.34. The van der Waals surface area contributed by atoms with Gasteiger partial charge in [0.25, 0.3) is 0 Å². The third kappa shape index (κ3) is 4.45. The maximum atomic E-state index is 12.7. The number of nitrogens with zero attached hydrogens (tertiary/aromatic N) is 4. The molecule has 0 saturated carbocycles. The van der Waals surface area contributed by atoms with Crippen LogP contribution in [0.5, 0.6) is 0 Å². The molecule has 10 heteroatoms. The molecule has 0 unspecified atom stereocenters. The van der Waals surface area contributed by atoms with Crippen molar-refractivity contribution in [2.45, 2.75) is 40.0 Å². The number of rotatable bonds is 7. The molecule has 31 heavy (non-hydrogen) atoms. The highest BCUT2D eigenvalue weighted by Gasteiger charge is 2.25. The second kappa shape index (κ2) is 8.72. The molecule has 0 bridgehead atoms. The molecule has 0 radical (unpaired) electrons. The van der Waals surface area contributed by atoms with E-state index in [0.717, 1.165) is 28.6 Å². The molecule has 0 atom stereocenters. The molecule has 1 aliphatic heterocycles. The van der Waals surface area contributed by atoms with Crippen LogP contribution in [-0.4, -0.2) is 45.3 Å². The Morgan fingerprint density at radius 3 is 2.58 bits per heavy atom. The van der Waals surface area contributed by atoms with Crippen LogP contribution in [0.15, 0.2) is 16.8 Å². The summed E-state index contributed by atoms with van der Waals surface area (Å²) in [5, 5.41) is 5.11. The van der Waals surface area contributed by atoms with E-state index in [1.54, 1.807) is 16.3 Å². The van der Waals surface area contributed by atoms with E-state index in [-0.39, 0.29) is 24.7 Å². The monoisotopic (exact) mass is 458 g/mol. The lowest BCUT2D eigenvalue weighted by Crippen LogP contribution is -2.23. The Morgan fingerprint density at radius 2 is 1.90 bits per heavy atom. The lowest BCUT2D eigenvalue weighted by Gasteiger charge is -2.10. The summed E-state index contributed by atoms with van der Waals surface area (Å²) in [6.45, 7) is 6.02. The molecule has 3 aromatic heterocycles. The van der Waals surface area contributed by atoms with Crippen LogP contribution in [0.25, 0.3) is 5.13 Å². The van der Waals surface area contributed by atoms with E-state index in [9.17, 15) is 14.4 Å². The van der Waals surface area contributed by atoms with Crippen molar-refractivity contribution in [3.05, 3.63) is 45.2 Å². The number of amides is 1. The second-order valence-electron chi connectivity index (χ2n) is 7.42. The molecule has 0 spiro atoms. The van der Waals surface area contributed by atoms with E-state index in [2.05, 4.69) is 9.97 Å². The number of hydrogen-bond acceptors (Lipinski definition) is 8. The third-order valence-electron chi connectivity index (χ3n) is 5.06. The molecule has 162 valence electrons. The fraction of sp³-hybridized carbons (Fsp3) is 0.381. The summed E-state index contributed by atoms with van der Waals surface area (Å²) in [5.74, 6) is -0.732. The van der Waals surface area contributed by atoms with Gasteiger partial charge in [0, 0.05) is 40.7 Å². The van der Waals surface area contributed by atoms with Gasteiger partial charge in [0.05, 0.1) is 17.8 Å². The average molecular weight is 459 g/mol. The van der Waals surface area contributed by atoms with Crippen LogP contribution in [0.3, 0.4) is 0 Å². The molecule has 4 rings (SSSR count). The number of thiazole rings is 2. The summed E-state index contributed by atoms with van der Waals surface area (Å²) in [4.78, 5) is 47.2. The van der Waals surface area contributed by atoms with Gasteiger partial charge in [0.1, 0.15) is 0 Å². The Morgan fingerprint density at radius 1 is 1.13 bits per heavy atom. The van der Waals surface area contributed by atoms with E-state index < -0.39 is 5.97 Å². The maximum Gasteiger partial charge on any atom is 0.312 e. The molecule has 0 N–H and O–H groups in total. The number of carbonyl (C=O) groups excluding carboxylic acids is 3. The summed E-state index contributed by atoms with van der Waals surface area (Å²) in [6, 6.07) is 1.79. The molecule has 1 aliphatic rings. The minimum Gasteiger partial charge on any atom is -0.457 e. The number of anilines is 1. The van der Waals surface area contributed by atoms with Gasteiger partial charge in [-0.3, -0.25) is 23.9 Å². The van der Waals surface area contributed by atoms with Crippen LogP contribution in [0.2, 0.25) is 0 Å². The molecule has 0 aliphatic carbocycles. The van der Waals surface area contributed by atoms with Crippen molar-refractivity contribution in [3.63, 3.8) is 0 Å². The summed E-state index contributed by atoms with van der Waals surface area (Å²) in [6.07, 6.45) is 1.31. The second-order valence-corrected chi connectivity index (χ2v) is 9.10. The summed E-state index contributed by atoms with van der Waals surface area (Å²) in [7, 11) is 0. The molecule has 4 heterocycles. The van der Waals surface area contributed by atoms with Crippen molar-refractivity contribution in [2.75, 3.05) is 18.1 Å². The average Bonchev–Trinajstić information content (AvgIpc) is 3.49. The predicted molar refractivity (Wildman–Crippen MR) is 118 cm³/mol. The summed E-state index contributed by atoms with van der Waals surface area (Å²) in [5.41, 5.74) is 3.64. The van der Waals surface area contributed by atoms with Gasteiger partial charge >= 0.3 is 5.97 Å². The van der Waals surface area contributed by atoms with Crippen LogP contribution < -0.4 is 4.90 Å². The van der Waals surface area contributed by atoms with Crippen LogP contribution in [-0.2, 0) is 20.7 Å². The number of esters is 1. The van der Waals surface area contributed by atoms with E-state index in [0.29, 0.717) is 29.4 Å². The first-order valence-corrected chi connectivity index (χ1v) is 11.6. The topological polar surface area (TPSA) is 94.4 Å². The summed E-state index contributed by atoms with van der Waals surface area (Å²) < 4.78 is 7.14. The van der Waals surface area contributed by atoms with Crippen LogP contribution >= 0.6 is 22.7 Å². The standard InChI is InChI=1S/C21H22N4O4S2/c1-12-10-30-21(22-12)25-13(2)7-16(14(25)3)17(26)9-29-19(28)8-15-11-31-20(23-15)24-6-4-5-18(24)27/h7,10-11H,4-6,8-9H2,1-3H3.